The van der Waals surface area contributed by atoms with Gasteiger partial charge in [0.25, 0.3) is 5.91 Å². The minimum Gasteiger partial charge on any atom is -0.490 e. The van der Waals surface area contributed by atoms with Crippen LogP contribution in [0.4, 0.5) is 0 Å². The molecule has 0 bridgehead atoms. The van der Waals surface area contributed by atoms with Crippen LogP contribution in [0.3, 0.4) is 0 Å². The number of aromatic nitrogens is 1. The molecule has 43 heavy (non-hydrogen) atoms. The monoisotopic (exact) mass is 673 g/mol. The number of H-pyrrole nitrogens is 1. The van der Waals surface area contributed by atoms with Crippen molar-refractivity contribution in [3.05, 3.63) is 115 Å². The van der Waals surface area contributed by atoms with Gasteiger partial charge in [-0.15, -0.1) is 0 Å². The molecule has 0 fully saturated rings. The first-order valence-electron chi connectivity index (χ1n) is 12.7. The summed E-state index contributed by atoms with van der Waals surface area (Å²) in [4.78, 5) is 29.2. The summed E-state index contributed by atoms with van der Waals surface area (Å²) in [5.41, 5.74) is 5.13. The maximum absolute atomic E-state index is 13.4. The fourth-order valence-corrected chi connectivity index (χ4v) is 5.64. The highest BCUT2D eigenvalue weighted by Crippen LogP contribution is 2.41. The highest BCUT2D eigenvalue weighted by atomic mass is 35.5. The maximum Gasteiger partial charge on any atom is 0.345 e. The number of benzene rings is 4. The van der Waals surface area contributed by atoms with Crippen LogP contribution in [0, 0.1) is 0 Å². The van der Waals surface area contributed by atoms with Crippen LogP contribution in [0.15, 0.2) is 77.9 Å². The summed E-state index contributed by atoms with van der Waals surface area (Å²) in [7, 11) is 0. The molecule has 1 heterocycles. The van der Waals surface area contributed by atoms with E-state index in [0.29, 0.717) is 60.0 Å². The van der Waals surface area contributed by atoms with E-state index < -0.39 is 11.9 Å². The van der Waals surface area contributed by atoms with E-state index in [4.69, 9.17) is 67.5 Å². The number of nitrogens with one attached hydrogen (secondary N) is 2. The number of hydrogen-bond acceptors (Lipinski definition) is 5. The number of ether oxygens (including phenoxy) is 2. The molecule has 0 saturated heterocycles. The number of carbonyl (C=O) groups is 2. The standard InChI is InChI=1S/C31H20Cl5N3O4/c1-2-42-26-11-16(7-10-25(26)43-31(41)20-9-8-17(32)12-22(20)35)15-37-39-30(40)29-27(19-5-3-4-6-21(19)34)28-23(36)13-18(33)14-24(28)38-29/h3-15,38H,2H2,1H3,(H,39,40). The van der Waals surface area contributed by atoms with Crippen molar-refractivity contribution in [2.45, 2.75) is 6.92 Å². The van der Waals surface area contributed by atoms with E-state index in [9.17, 15) is 9.59 Å². The Kier molecular flexibility index (Phi) is 9.49. The Morgan fingerprint density at radius 1 is 0.860 bits per heavy atom. The van der Waals surface area contributed by atoms with Crippen molar-refractivity contribution in [2.75, 3.05) is 6.61 Å². The number of esters is 1. The Bertz CT molecular complexity index is 1900. The molecule has 12 heteroatoms. The Hall–Kier alpha value is -3.72. The van der Waals surface area contributed by atoms with Gasteiger partial charge < -0.3 is 14.5 Å². The lowest BCUT2D eigenvalue weighted by Gasteiger charge is -2.12. The van der Waals surface area contributed by atoms with Crippen LogP contribution in [0.2, 0.25) is 25.1 Å². The number of aromatic amines is 1. The normalized spacial score (nSPS) is 11.2. The lowest BCUT2D eigenvalue weighted by Crippen LogP contribution is -2.19. The topological polar surface area (TPSA) is 92.8 Å². The van der Waals surface area contributed by atoms with E-state index in [1.54, 1.807) is 55.5 Å². The van der Waals surface area contributed by atoms with Gasteiger partial charge in [0.2, 0.25) is 0 Å². The molecule has 0 aliphatic rings. The molecule has 0 radical (unpaired) electrons. The largest absolute Gasteiger partial charge is 0.490 e. The summed E-state index contributed by atoms with van der Waals surface area (Å²) in [5.74, 6) is -0.744. The van der Waals surface area contributed by atoms with Crippen LogP contribution >= 0.6 is 58.0 Å². The highest BCUT2D eigenvalue weighted by Gasteiger charge is 2.23. The van der Waals surface area contributed by atoms with Crippen molar-refractivity contribution in [1.82, 2.24) is 10.4 Å². The fraction of sp³-hybridized carbons (Fsp3) is 0.0645. The molecule has 0 aliphatic carbocycles. The number of carbonyl (C=O) groups excluding carboxylic acids is 2. The molecule has 2 N–H and O–H groups in total. The van der Waals surface area contributed by atoms with Crippen molar-refractivity contribution in [3.8, 4) is 22.6 Å². The molecule has 0 aliphatic heterocycles. The number of hydrazone groups is 1. The number of amides is 1. The molecule has 0 atom stereocenters. The van der Waals surface area contributed by atoms with Crippen molar-refractivity contribution in [2.24, 2.45) is 5.10 Å². The van der Waals surface area contributed by atoms with Crippen LogP contribution in [0.5, 0.6) is 11.5 Å². The molecule has 1 aromatic heterocycles. The van der Waals surface area contributed by atoms with Gasteiger partial charge in [0.05, 0.1) is 28.4 Å². The van der Waals surface area contributed by atoms with Gasteiger partial charge in [0.1, 0.15) is 5.69 Å². The first kappa shape index (κ1) is 30.7. The van der Waals surface area contributed by atoms with E-state index >= 15 is 0 Å². The fourth-order valence-electron chi connectivity index (χ4n) is 4.34. The van der Waals surface area contributed by atoms with Crippen LogP contribution in [0.25, 0.3) is 22.0 Å². The van der Waals surface area contributed by atoms with E-state index in [2.05, 4.69) is 15.5 Å². The lowest BCUT2D eigenvalue weighted by atomic mass is 10.0. The van der Waals surface area contributed by atoms with Gasteiger partial charge in [-0.3, -0.25) is 4.79 Å². The number of halogens is 5. The molecule has 5 rings (SSSR count). The van der Waals surface area contributed by atoms with Gasteiger partial charge in [0, 0.05) is 37.1 Å². The van der Waals surface area contributed by atoms with Gasteiger partial charge >= 0.3 is 5.97 Å². The van der Waals surface area contributed by atoms with E-state index in [0.717, 1.165) is 0 Å². The summed E-state index contributed by atoms with van der Waals surface area (Å²) in [6, 6.07) is 19.7. The zero-order valence-corrected chi connectivity index (χ0v) is 26.0. The van der Waals surface area contributed by atoms with Crippen LogP contribution in [-0.4, -0.2) is 29.7 Å². The van der Waals surface area contributed by atoms with Crippen LogP contribution in [-0.2, 0) is 0 Å². The third-order valence-corrected chi connectivity index (χ3v) is 7.58. The first-order valence-corrected chi connectivity index (χ1v) is 14.6. The quantitative estimate of drug-likeness (QED) is 0.0742. The van der Waals surface area contributed by atoms with Gasteiger partial charge in [-0.25, -0.2) is 10.2 Å². The van der Waals surface area contributed by atoms with Gasteiger partial charge in [-0.2, -0.15) is 5.10 Å². The minimum absolute atomic E-state index is 0.151. The molecule has 1 amide bonds. The van der Waals surface area contributed by atoms with E-state index in [-0.39, 0.29) is 22.0 Å². The zero-order chi connectivity index (χ0) is 30.7. The molecule has 0 unspecified atom stereocenters. The molecular formula is C31H20Cl5N3O4. The third kappa shape index (κ3) is 6.77. The molecule has 218 valence electrons. The molecule has 5 aromatic rings. The van der Waals surface area contributed by atoms with Crippen LogP contribution in [0.1, 0.15) is 33.3 Å². The summed E-state index contributed by atoms with van der Waals surface area (Å²) >= 11 is 31.3. The number of hydrogen-bond donors (Lipinski definition) is 2. The van der Waals surface area contributed by atoms with Crippen LogP contribution < -0.4 is 14.9 Å². The van der Waals surface area contributed by atoms with Crippen molar-refractivity contribution >= 4 is 87.0 Å². The molecule has 7 nitrogen and oxygen atoms in total. The Morgan fingerprint density at radius 2 is 1.63 bits per heavy atom. The summed E-state index contributed by atoms with van der Waals surface area (Å²) in [6.07, 6.45) is 1.42. The van der Waals surface area contributed by atoms with Crippen molar-refractivity contribution in [1.29, 1.82) is 0 Å². The number of fused-ring (bicyclic) bond motifs is 1. The van der Waals surface area contributed by atoms with Crippen molar-refractivity contribution < 1.29 is 19.1 Å². The predicted octanol–water partition coefficient (Wildman–Crippen LogP) is 9.48. The van der Waals surface area contributed by atoms with Gasteiger partial charge in [0.15, 0.2) is 11.5 Å². The average Bonchev–Trinajstić information content (AvgIpc) is 3.34. The van der Waals surface area contributed by atoms with Gasteiger partial charge in [-0.1, -0.05) is 76.2 Å². The third-order valence-electron chi connectivity index (χ3n) is 6.19. The molecule has 4 aromatic carbocycles. The lowest BCUT2D eigenvalue weighted by molar-refractivity contribution is 0.0728. The van der Waals surface area contributed by atoms with E-state index in [1.165, 1.54) is 24.4 Å². The Labute approximate surface area is 271 Å². The van der Waals surface area contributed by atoms with Gasteiger partial charge in [-0.05, 0) is 67.1 Å². The molecule has 0 spiro atoms. The minimum atomic E-state index is -0.676. The molecule has 0 saturated carbocycles. The summed E-state index contributed by atoms with van der Waals surface area (Å²) in [5, 5.41) is 6.47. The number of rotatable bonds is 8. The van der Waals surface area contributed by atoms with E-state index in [1.807, 2.05) is 6.07 Å². The summed E-state index contributed by atoms with van der Waals surface area (Å²) in [6.45, 7) is 2.10. The zero-order valence-electron chi connectivity index (χ0n) is 22.2. The Morgan fingerprint density at radius 3 is 2.37 bits per heavy atom. The average molecular weight is 676 g/mol. The second-order valence-electron chi connectivity index (χ2n) is 9.02. The maximum atomic E-state index is 13.4. The second-order valence-corrected chi connectivity index (χ2v) is 11.1. The highest BCUT2D eigenvalue weighted by molar-refractivity contribution is 6.41. The van der Waals surface area contributed by atoms with Crippen molar-refractivity contribution in [3.63, 3.8) is 0 Å². The Balaban J connectivity index is 1.40. The second kappa shape index (κ2) is 13.3. The number of nitrogens with zero attached hydrogens (tertiary/aromatic N) is 1. The summed E-state index contributed by atoms with van der Waals surface area (Å²) < 4.78 is 11.2. The smallest absolute Gasteiger partial charge is 0.345 e. The first-order chi connectivity index (χ1) is 20.7. The molecular weight excluding hydrogens is 656 g/mol. The predicted molar refractivity (Wildman–Crippen MR) is 173 cm³/mol. The SMILES string of the molecule is CCOc1cc(C=NNC(=O)c2[nH]c3cc(Cl)cc(Cl)c3c2-c2ccccc2Cl)ccc1OC(=O)c1ccc(Cl)cc1Cl.